The van der Waals surface area contributed by atoms with E-state index in [9.17, 15) is 8.42 Å². The lowest BCUT2D eigenvalue weighted by Crippen LogP contribution is -2.32. The molecule has 1 aliphatic heterocycles. The van der Waals surface area contributed by atoms with Crippen molar-refractivity contribution >= 4 is 10.0 Å². The zero-order chi connectivity index (χ0) is 13.0. The second-order valence-electron chi connectivity index (χ2n) is 4.58. The Morgan fingerprint density at radius 3 is 2.89 bits per heavy atom. The van der Waals surface area contributed by atoms with Crippen molar-refractivity contribution < 1.29 is 13.5 Å². The topological polar surface area (TPSA) is 70.5 Å². The van der Waals surface area contributed by atoms with Gasteiger partial charge in [0, 0.05) is 38.0 Å². The number of sulfonamides is 1. The van der Waals surface area contributed by atoms with Crippen LogP contribution in [0.4, 0.5) is 0 Å². The lowest BCUT2D eigenvalue weighted by Gasteiger charge is -2.15. The van der Waals surface area contributed by atoms with E-state index in [0.29, 0.717) is 19.5 Å². The lowest BCUT2D eigenvalue weighted by atomic mass is 10.1. The molecule has 5 nitrogen and oxygen atoms in total. The molecule has 0 aliphatic carbocycles. The summed E-state index contributed by atoms with van der Waals surface area (Å²) in [6, 6.07) is 5.49. The quantitative estimate of drug-likeness (QED) is 0.833. The summed E-state index contributed by atoms with van der Waals surface area (Å²) in [5.74, 6) is 0.178. The zero-order valence-corrected chi connectivity index (χ0v) is 11.0. The Kier molecular flexibility index (Phi) is 4.31. The standard InChI is InChI=1S/C12H18N2O3S/c15-10-11-4-7-14(9-11)18(16,17)8-5-12-3-1-2-6-13-12/h1-3,6,11,15H,4-5,7-10H2. The van der Waals surface area contributed by atoms with E-state index < -0.39 is 10.0 Å². The molecular weight excluding hydrogens is 252 g/mol. The summed E-state index contributed by atoms with van der Waals surface area (Å²) in [4.78, 5) is 4.12. The SMILES string of the molecule is O=S(=O)(CCc1ccccn1)N1CCC(CO)C1. The summed E-state index contributed by atoms with van der Waals surface area (Å²) in [7, 11) is -3.22. The van der Waals surface area contributed by atoms with Crippen LogP contribution >= 0.6 is 0 Å². The molecule has 0 aromatic carbocycles. The third kappa shape index (κ3) is 3.28. The van der Waals surface area contributed by atoms with Gasteiger partial charge in [-0.2, -0.15) is 0 Å². The van der Waals surface area contributed by atoms with Crippen LogP contribution in [-0.4, -0.2) is 48.3 Å². The van der Waals surface area contributed by atoms with Gasteiger partial charge in [-0.15, -0.1) is 0 Å². The number of pyridine rings is 1. The number of nitrogens with zero attached hydrogens (tertiary/aromatic N) is 2. The minimum atomic E-state index is -3.22. The van der Waals surface area contributed by atoms with Crippen LogP contribution in [0.15, 0.2) is 24.4 Å². The molecule has 1 N–H and O–H groups in total. The molecule has 1 saturated heterocycles. The first-order valence-corrected chi connectivity index (χ1v) is 7.71. The highest BCUT2D eigenvalue weighted by atomic mass is 32.2. The molecule has 0 radical (unpaired) electrons. The van der Waals surface area contributed by atoms with E-state index >= 15 is 0 Å². The van der Waals surface area contributed by atoms with Gasteiger partial charge in [0.1, 0.15) is 0 Å². The van der Waals surface area contributed by atoms with E-state index in [1.807, 2.05) is 18.2 Å². The van der Waals surface area contributed by atoms with E-state index in [0.717, 1.165) is 12.1 Å². The monoisotopic (exact) mass is 270 g/mol. The maximum absolute atomic E-state index is 12.1. The van der Waals surface area contributed by atoms with Crippen LogP contribution in [0, 0.1) is 5.92 Å². The molecule has 2 rings (SSSR count). The van der Waals surface area contributed by atoms with Gasteiger partial charge >= 0.3 is 0 Å². The van der Waals surface area contributed by atoms with Crippen molar-refractivity contribution in [2.24, 2.45) is 5.92 Å². The molecule has 18 heavy (non-hydrogen) atoms. The molecule has 2 heterocycles. The normalized spacial score (nSPS) is 21.3. The van der Waals surface area contributed by atoms with Crippen LogP contribution in [0.3, 0.4) is 0 Å². The lowest BCUT2D eigenvalue weighted by molar-refractivity contribution is 0.233. The number of hydrogen-bond donors (Lipinski definition) is 1. The van der Waals surface area contributed by atoms with Gasteiger partial charge in [-0.05, 0) is 24.5 Å². The molecule has 1 aromatic rings. The Labute approximate surface area is 108 Å². The number of aliphatic hydroxyl groups excluding tert-OH is 1. The second kappa shape index (κ2) is 5.77. The minimum absolute atomic E-state index is 0.0618. The minimum Gasteiger partial charge on any atom is -0.396 e. The third-order valence-corrected chi connectivity index (χ3v) is 5.08. The molecule has 6 heteroatoms. The van der Waals surface area contributed by atoms with E-state index in [1.165, 1.54) is 4.31 Å². The van der Waals surface area contributed by atoms with Crippen LogP contribution in [0.5, 0.6) is 0 Å². The number of rotatable bonds is 5. The van der Waals surface area contributed by atoms with Crippen LogP contribution in [-0.2, 0) is 16.4 Å². The molecule has 1 aromatic heterocycles. The first-order valence-electron chi connectivity index (χ1n) is 6.10. The first kappa shape index (κ1) is 13.5. The Bertz CT molecular complexity index is 475. The number of aliphatic hydroxyl groups is 1. The summed E-state index contributed by atoms with van der Waals surface area (Å²) in [5, 5.41) is 9.03. The van der Waals surface area contributed by atoms with E-state index in [2.05, 4.69) is 4.98 Å². The Morgan fingerprint density at radius 1 is 1.44 bits per heavy atom. The van der Waals surface area contributed by atoms with Gasteiger partial charge in [0.25, 0.3) is 0 Å². The van der Waals surface area contributed by atoms with E-state index in [1.54, 1.807) is 6.20 Å². The van der Waals surface area contributed by atoms with E-state index in [-0.39, 0.29) is 18.3 Å². The maximum atomic E-state index is 12.1. The number of hydrogen-bond acceptors (Lipinski definition) is 4. The summed E-state index contributed by atoms with van der Waals surface area (Å²) in [6.07, 6.45) is 2.85. The van der Waals surface area contributed by atoms with Crippen LogP contribution in [0.25, 0.3) is 0 Å². The van der Waals surface area contributed by atoms with Gasteiger partial charge in [-0.1, -0.05) is 6.07 Å². The molecule has 0 saturated carbocycles. The molecule has 1 unspecified atom stereocenters. The first-order chi connectivity index (χ1) is 8.62. The Morgan fingerprint density at radius 2 is 2.28 bits per heavy atom. The number of aromatic nitrogens is 1. The third-order valence-electron chi connectivity index (χ3n) is 3.24. The average molecular weight is 270 g/mol. The second-order valence-corrected chi connectivity index (χ2v) is 6.67. The van der Waals surface area contributed by atoms with Gasteiger partial charge < -0.3 is 5.11 Å². The van der Waals surface area contributed by atoms with Gasteiger partial charge in [-0.25, -0.2) is 12.7 Å². The Hall–Kier alpha value is -0.980. The molecule has 100 valence electrons. The van der Waals surface area contributed by atoms with Crippen molar-refractivity contribution in [3.05, 3.63) is 30.1 Å². The van der Waals surface area contributed by atoms with Gasteiger partial charge in [0.15, 0.2) is 0 Å². The summed E-state index contributed by atoms with van der Waals surface area (Å²) in [6.45, 7) is 1.03. The van der Waals surface area contributed by atoms with Crippen molar-refractivity contribution in [2.45, 2.75) is 12.8 Å². The van der Waals surface area contributed by atoms with Crippen LogP contribution in [0.2, 0.25) is 0 Å². The fourth-order valence-corrected chi connectivity index (χ4v) is 3.65. The van der Waals surface area contributed by atoms with Crippen molar-refractivity contribution in [1.82, 2.24) is 9.29 Å². The summed E-state index contributed by atoms with van der Waals surface area (Å²) < 4.78 is 25.7. The highest BCUT2D eigenvalue weighted by Crippen LogP contribution is 2.19. The highest BCUT2D eigenvalue weighted by molar-refractivity contribution is 7.89. The molecule has 0 bridgehead atoms. The number of aryl methyl sites for hydroxylation is 1. The maximum Gasteiger partial charge on any atom is 0.214 e. The molecular formula is C12H18N2O3S. The van der Waals surface area contributed by atoms with E-state index in [4.69, 9.17) is 5.11 Å². The fourth-order valence-electron chi connectivity index (χ4n) is 2.11. The van der Waals surface area contributed by atoms with Crippen molar-refractivity contribution in [3.8, 4) is 0 Å². The average Bonchev–Trinajstić information content (AvgIpc) is 2.87. The molecule has 1 atom stereocenters. The predicted molar refractivity (Wildman–Crippen MR) is 68.5 cm³/mol. The molecule has 1 fully saturated rings. The predicted octanol–water partition coefficient (Wildman–Crippen LogP) is 0.268. The van der Waals surface area contributed by atoms with Crippen LogP contribution in [0.1, 0.15) is 12.1 Å². The van der Waals surface area contributed by atoms with Crippen molar-refractivity contribution in [3.63, 3.8) is 0 Å². The van der Waals surface area contributed by atoms with Crippen molar-refractivity contribution in [2.75, 3.05) is 25.4 Å². The molecule has 1 aliphatic rings. The Balaban J connectivity index is 1.92. The van der Waals surface area contributed by atoms with Gasteiger partial charge in [0.2, 0.25) is 10.0 Å². The summed E-state index contributed by atoms with van der Waals surface area (Å²) in [5.41, 5.74) is 0.791. The largest absolute Gasteiger partial charge is 0.396 e. The smallest absolute Gasteiger partial charge is 0.214 e. The highest BCUT2D eigenvalue weighted by Gasteiger charge is 2.30. The van der Waals surface area contributed by atoms with Gasteiger partial charge in [-0.3, -0.25) is 4.98 Å². The molecule has 0 spiro atoms. The van der Waals surface area contributed by atoms with Crippen LogP contribution < -0.4 is 0 Å². The summed E-state index contributed by atoms with van der Waals surface area (Å²) >= 11 is 0. The van der Waals surface area contributed by atoms with Crippen molar-refractivity contribution in [1.29, 1.82) is 0 Å². The fraction of sp³-hybridized carbons (Fsp3) is 0.583. The van der Waals surface area contributed by atoms with Gasteiger partial charge in [0.05, 0.1) is 5.75 Å². The zero-order valence-electron chi connectivity index (χ0n) is 10.2. The molecule has 0 amide bonds.